The Morgan fingerprint density at radius 1 is 1.28 bits per heavy atom. The second kappa shape index (κ2) is 8.39. The first-order valence-electron chi connectivity index (χ1n) is 9.47. The number of alkyl carbamates (subject to hydrolysis) is 1. The van der Waals surface area contributed by atoms with E-state index < -0.39 is 30.0 Å². The lowest BCUT2D eigenvalue weighted by Crippen LogP contribution is -2.41. The van der Waals surface area contributed by atoms with Crippen LogP contribution in [0.15, 0.2) is 23.7 Å². The minimum absolute atomic E-state index is 0.163. The highest BCUT2D eigenvalue weighted by atomic mass is 35.5. The lowest BCUT2D eigenvalue weighted by molar-refractivity contribution is 0.00578. The first-order valence-corrected chi connectivity index (χ1v) is 9.84. The fraction of sp³-hybridized carbons (Fsp3) is 0.524. The van der Waals surface area contributed by atoms with Crippen molar-refractivity contribution in [2.24, 2.45) is 0 Å². The fourth-order valence-electron chi connectivity index (χ4n) is 2.62. The SMILES string of the molecule is CC(C)(C)OC(=O)NCC(=Cc1ccc(Cl)c(C#N)c1)B1OC(C)(C)C(C)(C)O1. The van der Waals surface area contributed by atoms with Gasteiger partial charge in [0.15, 0.2) is 0 Å². The van der Waals surface area contributed by atoms with Crippen LogP contribution in [-0.2, 0) is 14.0 Å². The van der Waals surface area contributed by atoms with Crippen LogP contribution in [-0.4, -0.2) is 36.6 Å². The maximum Gasteiger partial charge on any atom is 0.492 e. The highest BCUT2D eigenvalue weighted by molar-refractivity contribution is 6.56. The maximum absolute atomic E-state index is 12.1. The summed E-state index contributed by atoms with van der Waals surface area (Å²) in [5.74, 6) is 0. The summed E-state index contributed by atoms with van der Waals surface area (Å²) in [6, 6.07) is 7.20. The standard InChI is InChI=1S/C21H28BClN2O4/c1-19(2,3)27-18(26)25-13-16(22-28-20(4,5)21(6,7)29-22)11-14-8-9-17(23)15(10-14)12-24/h8-11H,13H2,1-7H3,(H,25,26). The Kier molecular flexibility index (Phi) is 6.73. The minimum atomic E-state index is -0.656. The zero-order chi connectivity index (χ0) is 22.0. The van der Waals surface area contributed by atoms with E-state index in [4.69, 9.17) is 25.6 Å². The van der Waals surface area contributed by atoms with Crippen molar-refractivity contribution in [1.29, 1.82) is 5.26 Å². The van der Waals surface area contributed by atoms with Crippen molar-refractivity contribution < 1.29 is 18.8 Å². The number of carbonyl (C=O) groups excluding carboxylic acids is 1. The summed E-state index contributed by atoms with van der Waals surface area (Å²) in [4.78, 5) is 12.1. The van der Waals surface area contributed by atoms with Crippen LogP contribution < -0.4 is 5.32 Å². The van der Waals surface area contributed by atoms with E-state index in [-0.39, 0.29) is 6.54 Å². The molecule has 0 bridgehead atoms. The van der Waals surface area contributed by atoms with Gasteiger partial charge in [-0.25, -0.2) is 4.79 Å². The number of rotatable bonds is 4. The van der Waals surface area contributed by atoms with Crippen LogP contribution in [0.4, 0.5) is 4.79 Å². The van der Waals surface area contributed by atoms with Crippen molar-refractivity contribution in [2.75, 3.05) is 6.54 Å². The zero-order valence-corrected chi connectivity index (χ0v) is 18.8. The Hall–Kier alpha value is -2.01. The van der Waals surface area contributed by atoms with Crippen molar-refractivity contribution in [3.8, 4) is 6.07 Å². The van der Waals surface area contributed by atoms with Gasteiger partial charge < -0.3 is 19.4 Å². The normalized spacial score (nSPS) is 18.3. The molecule has 1 aliphatic rings. The molecule has 0 radical (unpaired) electrons. The lowest BCUT2D eigenvalue weighted by Gasteiger charge is -2.32. The Labute approximate surface area is 178 Å². The number of nitrogens with zero attached hydrogens (tertiary/aromatic N) is 1. The minimum Gasteiger partial charge on any atom is -0.444 e. The van der Waals surface area contributed by atoms with E-state index in [1.807, 2.05) is 33.8 Å². The molecule has 0 atom stereocenters. The Balaban J connectivity index is 2.31. The highest BCUT2D eigenvalue weighted by Crippen LogP contribution is 2.38. The van der Waals surface area contributed by atoms with E-state index in [0.29, 0.717) is 16.1 Å². The zero-order valence-electron chi connectivity index (χ0n) is 18.1. The van der Waals surface area contributed by atoms with Gasteiger partial charge in [0.25, 0.3) is 0 Å². The number of nitrogens with one attached hydrogen (secondary N) is 1. The lowest BCUT2D eigenvalue weighted by atomic mass is 9.77. The summed E-state index contributed by atoms with van der Waals surface area (Å²) in [7, 11) is -0.656. The van der Waals surface area contributed by atoms with E-state index in [1.54, 1.807) is 39.0 Å². The number of carbonyl (C=O) groups is 1. The second-order valence-electron chi connectivity index (χ2n) is 9.01. The van der Waals surface area contributed by atoms with Gasteiger partial charge in [0.05, 0.1) is 21.8 Å². The second-order valence-corrected chi connectivity index (χ2v) is 9.42. The molecule has 1 saturated heterocycles. The number of nitriles is 1. The number of amides is 1. The Morgan fingerprint density at radius 3 is 2.38 bits per heavy atom. The molecule has 0 unspecified atom stereocenters. The van der Waals surface area contributed by atoms with Crippen molar-refractivity contribution in [3.63, 3.8) is 0 Å². The molecule has 2 rings (SSSR count). The third kappa shape index (κ3) is 5.99. The molecule has 1 aliphatic heterocycles. The highest BCUT2D eigenvalue weighted by Gasteiger charge is 2.52. The first-order chi connectivity index (χ1) is 13.2. The van der Waals surface area contributed by atoms with Gasteiger partial charge in [0.1, 0.15) is 11.7 Å². The van der Waals surface area contributed by atoms with Gasteiger partial charge >= 0.3 is 13.2 Å². The maximum atomic E-state index is 12.1. The number of hydrogen-bond donors (Lipinski definition) is 1. The van der Waals surface area contributed by atoms with Gasteiger partial charge in [-0.3, -0.25) is 0 Å². The number of halogens is 1. The quantitative estimate of drug-likeness (QED) is 0.714. The summed E-state index contributed by atoms with van der Waals surface area (Å²) in [5.41, 5.74) is 0.160. The molecule has 1 N–H and O–H groups in total. The van der Waals surface area contributed by atoms with E-state index >= 15 is 0 Å². The Bertz CT molecular complexity index is 837. The molecule has 1 aromatic carbocycles. The third-order valence-electron chi connectivity index (χ3n) is 4.85. The van der Waals surface area contributed by atoms with Gasteiger partial charge in [0.2, 0.25) is 0 Å². The predicted molar refractivity (Wildman–Crippen MR) is 114 cm³/mol. The number of hydrogen-bond acceptors (Lipinski definition) is 5. The molecule has 8 heteroatoms. The molecule has 29 heavy (non-hydrogen) atoms. The summed E-state index contributed by atoms with van der Waals surface area (Å²) in [6.45, 7) is 13.4. The summed E-state index contributed by atoms with van der Waals surface area (Å²) in [5, 5.41) is 12.4. The van der Waals surface area contributed by atoms with Gasteiger partial charge in [-0.2, -0.15) is 5.26 Å². The molecule has 1 heterocycles. The van der Waals surface area contributed by atoms with Gasteiger partial charge in [-0.05, 0) is 71.6 Å². The Morgan fingerprint density at radius 2 is 1.86 bits per heavy atom. The monoisotopic (exact) mass is 418 g/mol. The van der Waals surface area contributed by atoms with Crippen LogP contribution in [0, 0.1) is 11.3 Å². The third-order valence-corrected chi connectivity index (χ3v) is 5.18. The van der Waals surface area contributed by atoms with Crippen LogP contribution in [0.1, 0.15) is 59.6 Å². The molecule has 0 aliphatic carbocycles. The summed E-state index contributed by atoms with van der Waals surface area (Å²) in [6.07, 6.45) is 1.30. The van der Waals surface area contributed by atoms with Gasteiger partial charge in [0, 0.05) is 6.54 Å². The fourth-order valence-corrected chi connectivity index (χ4v) is 2.78. The topological polar surface area (TPSA) is 80.6 Å². The van der Waals surface area contributed by atoms with Crippen LogP contribution >= 0.6 is 11.6 Å². The average Bonchev–Trinajstić information content (AvgIpc) is 2.79. The van der Waals surface area contributed by atoms with E-state index in [1.165, 1.54) is 0 Å². The number of ether oxygens (including phenoxy) is 1. The van der Waals surface area contributed by atoms with Crippen molar-refractivity contribution in [1.82, 2.24) is 5.32 Å². The molecule has 1 aromatic rings. The van der Waals surface area contributed by atoms with Crippen LogP contribution in [0.25, 0.3) is 6.08 Å². The van der Waals surface area contributed by atoms with Crippen LogP contribution in [0.5, 0.6) is 0 Å². The molecule has 0 saturated carbocycles. The largest absolute Gasteiger partial charge is 0.492 e. The van der Waals surface area contributed by atoms with Crippen molar-refractivity contribution >= 4 is 30.9 Å². The van der Waals surface area contributed by atoms with Gasteiger partial charge in [-0.15, -0.1) is 0 Å². The molecular formula is C21H28BClN2O4. The molecule has 1 amide bonds. The molecule has 0 spiro atoms. The van der Waals surface area contributed by atoms with E-state index in [9.17, 15) is 10.1 Å². The molecule has 6 nitrogen and oxygen atoms in total. The van der Waals surface area contributed by atoms with Crippen LogP contribution in [0.3, 0.4) is 0 Å². The molecular weight excluding hydrogens is 391 g/mol. The number of benzene rings is 1. The average molecular weight is 419 g/mol. The smallest absolute Gasteiger partial charge is 0.444 e. The van der Waals surface area contributed by atoms with Crippen LogP contribution in [0.2, 0.25) is 5.02 Å². The van der Waals surface area contributed by atoms with Crippen molar-refractivity contribution in [3.05, 3.63) is 39.8 Å². The summed E-state index contributed by atoms with van der Waals surface area (Å²) >= 11 is 6.03. The predicted octanol–water partition coefficient (Wildman–Crippen LogP) is 4.75. The van der Waals surface area contributed by atoms with E-state index in [0.717, 1.165) is 5.56 Å². The first kappa shape index (κ1) is 23.3. The van der Waals surface area contributed by atoms with E-state index in [2.05, 4.69) is 11.4 Å². The van der Waals surface area contributed by atoms with Crippen molar-refractivity contribution in [2.45, 2.75) is 65.3 Å². The summed E-state index contributed by atoms with van der Waals surface area (Å²) < 4.78 is 17.6. The molecule has 0 aromatic heterocycles. The van der Waals surface area contributed by atoms with Gasteiger partial charge in [-0.1, -0.05) is 23.7 Å². The molecule has 156 valence electrons. The molecule has 1 fully saturated rings.